The first-order chi connectivity index (χ1) is 6.61. The highest BCUT2D eigenvalue weighted by molar-refractivity contribution is 6.35. The number of nitrogens with zero attached hydrogens (tertiary/aromatic N) is 1. The van der Waals surface area contributed by atoms with Crippen LogP contribution >= 0.6 is 0 Å². The van der Waals surface area contributed by atoms with Crippen LogP contribution in [0.1, 0.15) is 13.8 Å². The Morgan fingerprint density at radius 1 is 1.43 bits per heavy atom. The van der Waals surface area contributed by atoms with Crippen molar-refractivity contribution in [1.29, 1.82) is 0 Å². The van der Waals surface area contributed by atoms with E-state index in [0.29, 0.717) is 6.61 Å². The van der Waals surface area contributed by atoms with E-state index in [-0.39, 0.29) is 12.3 Å². The SMILES string of the molecule is CCOC(=O)CNN=C(C)C(=O)OC. The van der Waals surface area contributed by atoms with Gasteiger partial charge in [-0.15, -0.1) is 0 Å². The quantitative estimate of drug-likeness (QED) is 0.376. The lowest BCUT2D eigenvalue weighted by molar-refractivity contribution is -0.142. The van der Waals surface area contributed by atoms with Crippen molar-refractivity contribution in [1.82, 2.24) is 5.43 Å². The number of ether oxygens (including phenoxy) is 2. The standard InChI is InChI=1S/C8H14N2O4/c1-4-14-7(11)5-9-10-6(2)8(12)13-3/h9H,4-5H2,1-3H3. The molecule has 0 aromatic carbocycles. The lowest BCUT2D eigenvalue weighted by Crippen LogP contribution is -2.23. The molecule has 0 aromatic heterocycles. The van der Waals surface area contributed by atoms with Crippen LogP contribution in [-0.4, -0.2) is 37.9 Å². The molecule has 6 heteroatoms. The van der Waals surface area contributed by atoms with Gasteiger partial charge in [0.15, 0.2) is 0 Å². The maximum atomic E-state index is 10.8. The highest BCUT2D eigenvalue weighted by Crippen LogP contribution is 1.80. The van der Waals surface area contributed by atoms with Gasteiger partial charge < -0.3 is 9.47 Å². The number of hydrazone groups is 1. The number of hydrogen-bond acceptors (Lipinski definition) is 6. The second kappa shape index (κ2) is 6.88. The summed E-state index contributed by atoms with van der Waals surface area (Å²) in [7, 11) is 1.26. The first kappa shape index (κ1) is 12.4. The monoisotopic (exact) mass is 202 g/mol. The average Bonchev–Trinajstić information content (AvgIpc) is 2.16. The van der Waals surface area contributed by atoms with Gasteiger partial charge in [-0.2, -0.15) is 5.10 Å². The van der Waals surface area contributed by atoms with Crippen molar-refractivity contribution in [3.8, 4) is 0 Å². The van der Waals surface area contributed by atoms with E-state index in [4.69, 9.17) is 0 Å². The van der Waals surface area contributed by atoms with E-state index >= 15 is 0 Å². The van der Waals surface area contributed by atoms with Crippen molar-refractivity contribution in [2.24, 2.45) is 5.10 Å². The fourth-order valence-corrected chi connectivity index (χ4v) is 0.628. The third kappa shape index (κ3) is 5.13. The zero-order chi connectivity index (χ0) is 11.0. The van der Waals surface area contributed by atoms with Gasteiger partial charge in [-0.25, -0.2) is 4.79 Å². The fraction of sp³-hybridized carbons (Fsp3) is 0.625. The van der Waals surface area contributed by atoms with E-state index in [0.717, 1.165) is 0 Å². The van der Waals surface area contributed by atoms with Crippen LogP contribution < -0.4 is 5.43 Å². The minimum absolute atomic E-state index is 0.0673. The van der Waals surface area contributed by atoms with E-state index in [1.165, 1.54) is 14.0 Å². The molecular formula is C8H14N2O4. The zero-order valence-electron chi connectivity index (χ0n) is 8.49. The van der Waals surface area contributed by atoms with E-state index in [1.54, 1.807) is 6.92 Å². The molecule has 80 valence electrons. The van der Waals surface area contributed by atoms with E-state index < -0.39 is 11.9 Å². The molecule has 0 aliphatic carbocycles. The molecule has 0 spiro atoms. The maximum absolute atomic E-state index is 10.8. The summed E-state index contributed by atoms with van der Waals surface area (Å²) in [6, 6.07) is 0. The molecule has 0 amide bonds. The molecule has 0 bridgehead atoms. The van der Waals surface area contributed by atoms with Gasteiger partial charge >= 0.3 is 11.9 Å². The predicted molar refractivity (Wildman–Crippen MR) is 49.8 cm³/mol. The first-order valence-corrected chi connectivity index (χ1v) is 4.12. The molecular weight excluding hydrogens is 188 g/mol. The lowest BCUT2D eigenvalue weighted by atomic mass is 10.4. The van der Waals surface area contributed by atoms with Crippen molar-refractivity contribution in [3.05, 3.63) is 0 Å². The maximum Gasteiger partial charge on any atom is 0.353 e. The Kier molecular flexibility index (Phi) is 6.09. The Morgan fingerprint density at radius 3 is 2.57 bits per heavy atom. The van der Waals surface area contributed by atoms with Gasteiger partial charge in [0, 0.05) is 0 Å². The molecule has 0 atom stereocenters. The lowest BCUT2D eigenvalue weighted by Gasteiger charge is -2.01. The Hall–Kier alpha value is -1.59. The van der Waals surface area contributed by atoms with E-state index in [2.05, 4.69) is 20.0 Å². The van der Waals surface area contributed by atoms with Crippen molar-refractivity contribution in [3.63, 3.8) is 0 Å². The minimum Gasteiger partial charge on any atom is -0.465 e. The number of esters is 2. The molecule has 0 radical (unpaired) electrons. The Labute approximate surface area is 82.3 Å². The van der Waals surface area contributed by atoms with Gasteiger partial charge in [-0.1, -0.05) is 0 Å². The summed E-state index contributed by atoms with van der Waals surface area (Å²) in [6.07, 6.45) is 0. The largest absolute Gasteiger partial charge is 0.465 e. The Bertz CT molecular complexity index is 237. The van der Waals surface area contributed by atoms with E-state index in [1.807, 2.05) is 0 Å². The molecule has 6 nitrogen and oxygen atoms in total. The molecule has 0 saturated heterocycles. The van der Waals surface area contributed by atoms with Crippen LogP contribution in [0.5, 0.6) is 0 Å². The molecule has 0 aliphatic rings. The van der Waals surface area contributed by atoms with Crippen LogP contribution in [0.3, 0.4) is 0 Å². The van der Waals surface area contributed by atoms with Crippen molar-refractivity contribution in [2.45, 2.75) is 13.8 Å². The highest BCUT2D eigenvalue weighted by atomic mass is 16.5. The summed E-state index contributed by atoms with van der Waals surface area (Å²) in [4.78, 5) is 21.6. The minimum atomic E-state index is -0.540. The summed E-state index contributed by atoms with van der Waals surface area (Å²) < 4.78 is 9.01. The molecule has 0 aromatic rings. The fourth-order valence-electron chi connectivity index (χ4n) is 0.628. The predicted octanol–water partition coefficient (Wildman–Crippen LogP) is -0.312. The van der Waals surface area contributed by atoms with Gasteiger partial charge in [-0.3, -0.25) is 10.2 Å². The second-order valence-corrected chi connectivity index (χ2v) is 2.33. The van der Waals surface area contributed by atoms with Crippen LogP contribution in [0.25, 0.3) is 0 Å². The average molecular weight is 202 g/mol. The Morgan fingerprint density at radius 2 is 2.07 bits per heavy atom. The third-order valence-corrected chi connectivity index (χ3v) is 1.26. The van der Waals surface area contributed by atoms with Crippen molar-refractivity contribution in [2.75, 3.05) is 20.3 Å². The van der Waals surface area contributed by atoms with E-state index in [9.17, 15) is 9.59 Å². The molecule has 1 N–H and O–H groups in total. The van der Waals surface area contributed by atoms with Crippen LogP contribution in [0, 0.1) is 0 Å². The van der Waals surface area contributed by atoms with Crippen molar-refractivity contribution >= 4 is 17.7 Å². The van der Waals surface area contributed by atoms with Crippen LogP contribution in [0.2, 0.25) is 0 Å². The summed E-state index contributed by atoms with van der Waals surface area (Å²) in [5.74, 6) is -0.963. The summed E-state index contributed by atoms with van der Waals surface area (Å²) >= 11 is 0. The first-order valence-electron chi connectivity index (χ1n) is 4.12. The topological polar surface area (TPSA) is 77.0 Å². The smallest absolute Gasteiger partial charge is 0.353 e. The number of carbonyl (C=O) groups excluding carboxylic acids is 2. The second-order valence-electron chi connectivity index (χ2n) is 2.33. The van der Waals surface area contributed by atoms with Gasteiger partial charge in [0.1, 0.15) is 12.3 Å². The molecule has 14 heavy (non-hydrogen) atoms. The highest BCUT2D eigenvalue weighted by Gasteiger charge is 2.05. The summed E-state index contributed by atoms with van der Waals surface area (Å²) in [5.41, 5.74) is 2.55. The normalized spacial score (nSPS) is 10.6. The number of rotatable bonds is 5. The number of carbonyl (C=O) groups is 2. The molecule has 0 fully saturated rings. The van der Waals surface area contributed by atoms with Gasteiger partial charge in [0.25, 0.3) is 0 Å². The molecule has 0 saturated carbocycles. The molecule has 0 unspecified atom stereocenters. The van der Waals surface area contributed by atoms with Gasteiger partial charge in [-0.05, 0) is 13.8 Å². The molecule has 0 heterocycles. The third-order valence-electron chi connectivity index (χ3n) is 1.26. The number of hydrogen-bond donors (Lipinski definition) is 1. The number of nitrogens with one attached hydrogen (secondary N) is 1. The Balaban J connectivity index is 3.81. The molecule has 0 rings (SSSR count). The van der Waals surface area contributed by atoms with Gasteiger partial charge in [0.05, 0.1) is 13.7 Å². The van der Waals surface area contributed by atoms with Gasteiger partial charge in [0.2, 0.25) is 0 Å². The van der Waals surface area contributed by atoms with Crippen LogP contribution in [0.4, 0.5) is 0 Å². The van der Waals surface area contributed by atoms with Crippen molar-refractivity contribution < 1.29 is 19.1 Å². The van der Waals surface area contributed by atoms with Crippen LogP contribution in [-0.2, 0) is 19.1 Å². The molecule has 0 aliphatic heterocycles. The summed E-state index contributed by atoms with van der Waals surface area (Å²) in [6.45, 7) is 3.44. The summed E-state index contributed by atoms with van der Waals surface area (Å²) in [5, 5.41) is 3.61. The number of methoxy groups -OCH3 is 1. The van der Waals surface area contributed by atoms with Crippen LogP contribution in [0.15, 0.2) is 5.10 Å². The zero-order valence-corrected chi connectivity index (χ0v) is 8.49.